The van der Waals surface area contributed by atoms with Gasteiger partial charge in [-0.05, 0) is 42.8 Å². The van der Waals surface area contributed by atoms with E-state index in [-0.39, 0.29) is 22.9 Å². The lowest BCUT2D eigenvalue weighted by atomic mass is 9.95. The third kappa shape index (κ3) is 4.59. The zero-order valence-electron chi connectivity index (χ0n) is 19.2. The normalized spacial score (nSPS) is 12.2. The Kier molecular flexibility index (Phi) is 5.59. The number of carbonyl (C=O) groups excluding carboxylic acids is 1. The van der Waals surface area contributed by atoms with Gasteiger partial charge in [0.25, 0.3) is 0 Å². The summed E-state index contributed by atoms with van der Waals surface area (Å²) >= 11 is 0. The van der Waals surface area contributed by atoms with Crippen LogP contribution in [0.3, 0.4) is 0 Å². The van der Waals surface area contributed by atoms with Crippen LogP contribution in [0.25, 0.3) is 28.2 Å². The molecule has 2 aromatic carbocycles. The van der Waals surface area contributed by atoms with Crippen molar-refractivity contribution < 1.29 is 18.0 Å². The minimum Gasteiger partial charge on any atom is -0.399 e. The van der Waals surface area contributed by atoms with E-state index < -0.39 is 17.2 Å². The first-order valence-electron chi connectivity index (χ1n) is 10.6. The second kappa shape index (κ2) is 8.16. The molecule has 0 spiro atoms. The SMILES string of the molecule is Cc1ccc(-c2cn3nc(-c4ccc(N)cc4C(F)(F)F)ccc3n2)cc1NC(=O)C(C)(C)C. The number of nitrogens with zero attached hydrogens (tertiary/aromatic N) is 3. The third-order valence-electron chi connectivity index (χ3n) is 5.41. The molecule has 0 fully saturated rings. The second-order valence-corrected chi connectivity index (χ2v) is 9.18. The molecule has 0 saturated heterocycles. The van der Waals surface area contributed by atoms with Crippen LogP contribution in [0.15, 0.2) is 54.7 Å². The molecular weight excluding hydrogens is 443 g/mol. The van der Waals surface area contributed by atoms with Gasteiger partial charge in [0.1, 0.15) is 0 Å². The number of alkyl halides is 3. The van der Waals surface area contributed by atoms with E-state index in [0.29, 0.717) is 17.0 Å². The molecule has 0 aliphatic rings. The zero-order chi connectivity index (χ0) is 24.8. The number of amides is 1. The molecule has 0 unspecified atom stereocenters. The zero-order valence-corrected chi connectivity index (χ0v) is 19.2. The summed E-state index contributed by atoms with van der Waals surface area (Å²) in [5, 5.41) is 7.30. The first-order chi connectivity index (χ1) is 15.8. The van der Waals surface area contributed by atoms with E-state index in [1.54, 1.807) is 12.3 Å². The Bertz CT molecular complexity index is 1400. The highest BCUT2D eigenvalue weighted by Crippen LogP contribution is 2.37. The van der Waals surface area contributed by atoms with E-state index in [1.807, 2.05) is 45.9 Å². The largest absolute Gasteiger partial charge is 0.417 e. The maximum Gasteiger partial charge on any atom is 0.417 e. The molecule has 3 N–H and O–H groups in total. The van der Waals surface area contributed by atoms with Gasteiger partial charge in [-0.2, -0.15) is 18.3 Å². The summed E-state index contributed by atoms with van der Waals surface area (Å²) in [4.78, 5) is 17.0. The van der Waals surface area contributed by atoms with Crippen molar-refractivity contribution in [1.29, 1.82) is 0 Å². The average Bonchev–Trinajstić information content (AvgIpc) is 3.17. The quantitative estimate of drug-likeness (QED) is 0.364. The van der Waals surface area contributed by atoms with Gasteiger partial charge in [-0.3, -0.25) is 4.79 Å². The van der Waals surface area contributed by atoms with Gasteiger partial charge in [-0.1, -0.05) is 39.0 Å². The number of fused-ring (bicyclic) bond motifs is 1. The number of imidazole rings is 1. The van der Waals surface area contributed by atoms with Crippen LogP contribution < -0.4 is 11.1 Å². The summed E-state index contributed by atoms with van der Waals surface area (Å²) < 4.78 is 42.1. The number of halogens is 3. The summed E-state index contributed by atoms with van der Waals surface area (Å²) in [5.74, 6) is -0.113. The fraction of sp³-hybridized carbons (Fsp3) is 0.240. The molecule has 2 aromatic heterocycles. The van der Waals surface area contributed by atoms with Gasteiger partial charge in [0, 0.05) is 27.9 Å². The topological polar surface area (TPSA) is 85.3 Å². The van der Waals surface area contributed by atoms with Crippen molar-refractivity contribution in [2.45, 2.75) is 33.9 Å². The highest BCUT2D eigenvalue weighted by Gasteiger charge is 2.34. The molecule has 0 saturated carbocycles. The van der Waals surface area contributed by atoms with Gasteiger partial charge in [0.2, 0.25) is 5.91 Å². The molecule has 0 radical (unpaired) electrons. The summed E-state index contributed by atoms with van der Waals surface area (Å²) in [6.45, 7) is 7.39. The van der Waals surface area contributed by atoms with E-state index >= 15 is 0 Å². The minimum atomic E-state index is -4.57. The number of benzene rings is 2. The van der Waals surface area contributed by atoms with E-state index in [1.165, 1.54) is 22.7 Å². The van der Waals surface area contributed by atoms with Gasteiger partial charge in [0.15, 0.2) is 5.65 Å². The van der Waals surface area contributed by atoms with Crippen LogP contribution in [0.4, 0.5) is 24.5 Å². The van der Waals surface area contributed by atoms with Crippen LogP contribution >= 0.6 is 0 Å². The van der Waals surface area contributed by atoms with Crippen molar-refractivity contribution in [3.05, 3.63) is 65.9 Å². The first kappa shape index (κ1) is 23.3. The van der Waals surface area contributed by atoms with Crippen molar-refractivity contribution in [3.63, 3.8) is 0 Å². The van der Waals surface area contributed by atoms with Crippen LogP contribution in [-0.4, -0.2) is 20.5 Å². The lowest BCUT2D eigenvalue weighted by Gasteiger charge is -2.19. The summed E-state index contributed by atoms with van der Waals surface area (Å²) in [6.07, 6.45) is -2.93. The molecule has 0 aliphatic heterocycles. The Hall–Kier alpha value is -3.88. The number of aromatic nitrogens is 3. The second-order valence-electron chi connectivity index (χ2n) is 9.18. The lowest BCUT2D eigenvalue weighted by Crippen LogP contribution is -2.27. The van der Waals surface area contributed by atoms with Crippen molar-refractivity contribution >= 4 is 22.9 Å². The number of hydrogen-bond acceptors (Lipinski definition) is 4. The minimum absolute atomic E-state index is 0.0239. The Morgan fingerprint density at radius 1 is 1.00 bits per heavy atom. The molecule has 176 valence electrons. The molecule has 4 rings (SSSR count). The monoisotopic (exact) mass is 467 g/mol. The predicted molar refractivity (Wildman–Crippen MR) is 126 cm³/mol. The number of nitrogens with one attached hydrogen (secondary N) is 1. The van der Waals surface area contributed by atoms with Crippen molar-refractivity contribution in [3.8, 4) is 22.5 Å². The molecule has 34 heavy (non-hydrogen) atoms. The molecule has 0 aliphatic carbocycles. The maximum atomic E-state index is 13.6. The van der Waals surface area contributed by atoms with E-state index in [2.05, 4.69) is 15.4 Å². The van der Waals surface area contributed by atoms with E-state index in [4.69, 9.17) is 5.73 Å². The van der Waals surface area contributed by atoms with Crippen LogP contribution in [-0.2, 0) is 11.0 Å². The Morgan fingerprint density at radius 3 is 2.41 bits per heavy atom. The number of rotatable bonds is 3. The van der Waals surface area contributed by atoms with Gasteiger partial charge in [0.05, 0.1) is 23.1 Å². The standard InChI is InChI=1S/C25H24F3N5O/c1-14-5-6-15(11-20(14)31-23(34)24(2,3)4)21-13-33-22(30-21)10-9-19(32-33)17-8-7-16(29)12-18(17)25(26,27)28/h5-13H,29H2,1-4H3,(H,31,34). The average molecular weight is 467 g/mol. The van der Waals surface area contributed by atoms with Crippen molar-refractivity contribution in [2.24, 2.45) is 5.41 Å². The fourth-order valence-electron chi connectivity index (χ4n) is 3.41. The highest BCUT2D eigenvalue weighted by atomic mass is 19.4. The van der Waals surface area contributed by atoms with Gasteiger partial charge >= 0.3 is 6.18 Å². The van der Waals surface area contributed by atoms with E-state index in [0.717, 1.165) is 17.2 Å². The van der Waals surface area contributed by atoms with Crippen molar-refractivity contribution in [1.82, 2.24) is 14.6 Å². The first-order valence-corrected chi connectivity index (χ1v) is 10.6. The molecular formula is C25H24F3N5O. The molecule has 2 heterocycles. The molecule has 0 bridgehead atoms. The molecule has 9 heteroatoms. The predicted octanol–water partition coefficient (Wildman–Crippen LogP) is 5.96. The Balaban J connectivity index is 1.74. The van der Waals surface area contributed by atoms with Crippen LogP contribution in [0, 0.1) is 12.3 Å². The number of hydrogen-bond donors (Lipinski definition) is 2. The highest BCUT2D eigenvalue weighted by molar-refractivity contribution is 5.95. The number of aryl methyl sites for hydroxylation is 1. The van der Waals surface area contributed by atoms with Crippen LogP contribution in [0.1, 0.15) is 31.9 Å². The smallest absolute Gasteiger partial charge is 0.399 e. The van der Waals surface area contributed by atoms with Gasteiger partial charge in [-0.25, -0.2) is 9.50 Å². The fourth-order valence-corrected chi connectivity index (χ4v) is 3.41. The summed E-state index contributed by atoms with van der Waals surface area (Å²) in [6, 6.07) is 12.3. The molecule has 1 amide bonds. The number of nitrogens with two attached hydrogens (primary N) is 1. The lowest BCUT2D eigenvalue weighted by molar-refractivity contribution is -0.137. The summed E-state index contributed by atoms with van der Waals surface area (Å²) in [7, 11) is 0. The number of carbonyl (C=O) groups is 1. The third-order valence-corrected chi connectivity index (χ3v) is 5.41. The summed E-state index contributed by atoms with van der Waals surface area (Å²) in [5.41, 5.74) is 7.63. The van der Waals surface area contributed by atoms with Gasteiger partial charge in [-0.15, -0.1) is 0 Å². The molecule has 4 aromatic rings. The van der Waals surface area contributed by atoms with Crippen LogP contribution in [0.2, 0.25) is 0 Å². The Morgan fingerprint density at radius 2 is 1.74 bits per heavy atom. The van der Waals surface area contributed by atoms with Gasteiger partial charge < -0.3 is 11.1 Å². The molecule has 6 nitrogen and oxygen atoms in total. The number of nitrogen functional groups attached to an aromatic ring is 1. The van der Waals surface area contributed by atoms with E-state index in [9.17, 15) is 18.0 Å². The van der Waals surface area contributed by atoms with Crippen molar-refractivity contribution in [2.75, 3.05) is 11.1 Å². The van der Waals surface area contributed by atoms with Crippen LogP contribution in [0.5, 0.6) is 0 Å². The molecule has 0 atom stereocenters. The number of anilines is 2. The maximum absolute atomic E-state index is 13.6. The Labute approximate surface area is 194 Å².